The van der Waals surface area contributed by atoms with Crippen LogP contribution in [-0.4, -0.2) is 36.1 Å². The summed E-state index contributed by atoms with van der Waals surface area (Å²) in [7, 11) is 2.15. The monoisotopic (exact) mass is 339 g/mol. The Morgan fingerprint density at radius 2 is 1.92 bits per heavy atom. The molecule has 4 rings (SSSR count). The van der Waals surface area contributed by atoms with Gasteiger partial charge in [-0.3, -0.25) is 4.79 Å². The van der Waals surface area contributed by atoms with Crippen LogP contribution in [0.2, 0.25) is 0 Å². The number of amides is 1. The zero-order chi connectivity index (χ0) is 17.2. The first-order chi connectivity index (χ1) is 12.2. The molecule has 0 spiro atoms. The summed E-state index contributed by atoms with van der Waals surface area (Å²) in [6.45, 7) is 2.14. The molecule has 0 radical (unpaired) electrons. The van der Waals surface area contributed by atoms with E-state index in [0.29, 0.717) is 17.5 Å². The van der Waals surface area contributed by atoms with Crippen molar-refractivity contribution in [1.82, 2.24) is 15.4 Å². The van der Waals surface area contributed by atoms with E-state index in [1.165, 1.54) is 0 Å². The zero-order valence-corrected chi connectivity index (χ0v) is 14.6. The van der Waals surface area contributed by atoms with Gasteiger partial charge in [0.1, 0.15) is 5.76 Å². The van der Waals surface area contributed by atoms with Crippen molar-refractivity contribution in [3.8, 4) is 0 Å². The maximum Gasteiger partial charge on any atom is 0.273 e. The molecule has 1 amide bonds. The highest BCUT2D eigenvalue weighted by atomic mass is 16.5. The number of hydrogen-bond acceptors (Lipinski definition) is 4. The third-order valence-electron chi connectivity index (χ3n) is 5.42. The number of benzene rings is 1. The molecule has 5 heteroatoms. The molecule has 2 fully saturated rings. The molecule has 1 N–H and O–H groups in total. The minimum Gasteiger partial charge on any atom is -0.360 e. The van der Waals surface area contributed by atoms with Gasteiger partial charge in [0.25, 0.3) is 5.91 Å². The summed E-state index contributed by atoms with van der Waals surface area (Å²) >= 11 is 0. The summed E-state index contributed by atoms with van der Waals surface area (Å²) in [5.41, 5.74) is 1.56. The minimum atomic E-state index is -0.136. The Bertz CT molecular complexity index is 716. The van der Waals surface area contributed by atoms with Gasteiger partial charge in [0.05, 0.1) is 6.04 Å². The van der Waals surface area contributed by atoms with Crippen LogP contribution in [-0.2, 0) is 0 Å². The molecule has 1 aromatic carbocycles. The van der Waals surface area contributed by atoms with E-state index in [9.17, 15) is 4.79 Å². The van der Waals surface area contributed by atoms with Crippen molar-refractivity contribution in [3.05, 3.63) is 53.4 Å². The second kappa shape index (κ2) is 7.00. The summed E-state index contributed by atoms with van der Waals surface area (Å²) in [5, 5.41) is 7.21. The normalized spacial score (nSPS) is 20.4. The number of rotatable bonds is 5. The molecule has 1 saturated carbocycles. The van der Waals surface area contributed by atoms with Gasteiger partial charge < -0.3 is 14.7 Å². The van der Waals surface area contributed by atoms with Crippen LogP contribution in [0.5, 0.6) is 0 Å². The molecule has 2 aliphatic rings. The molecule has 5 nitrogen and oxygen atoms in total. The van der Waals surface area contributed by atoms with Crippen LogP contribution >= 0.6 is 0 Å². The lowest BCUT2D eigenvalue weighted by molar-refractivity contribution is 0.0891. The number of nitrogens with zero attached hydrogens (tertiary/aromatic N) is 2. The van der Waals surface area contributed by atoms with Crippen LogP contribution < -0.4 is 5.32 Å². The summed E-state index contributed by atoms with van der Waals surface area (Å²) < 4.78 is 5.34. The molecule has 1 saturated heterocycles. The van der Waals surface area contributed by atoms with Crippen molar-refractivity contribution in [2.45, 2.75) is 37.6 Å². The lowest BCUT2D eigenvalue weighted by Gasteiger charge is -2.34. The number of aromatic nitrogens is 1. The van der Waals surface area contributed by atoms with E-state index in [1.54, 1.807) is 0 Å². The van der Waals surface area contributed by atoms with Crippen LogP contribution in [0, 0.1) is 5.92 Å². The Morgan fingerprint density at radius 1 is 1.20 bits per heavy atom. The third-order valence-corrected chi connectivity index (χ3v) is 5.42. The fourth-order valence-corrected chi connectivity index (χ4v) is 3.67. The van der Waals surface area contributed by atoms with Crippen molar-refractivity contribution < 1.29 is 9.32 Å². The van der Waals surface area contributed by atoms with Crippen LogP contribution in [0.25, 0.3) is 0 Å². The van der Waals surface area contributed by atoms with Gasteiger partial charge in [0, 0.05) is 12.0 Å². The van der Waals surface area contributed by atoms with Gasteiger partial charge in [0.2, 0.25) is 0 Å². The van der Waals surface area contributed by atoms with Crippen molar-refractivity contribution >= 4 is 5.91 Å². The topological polar surface area (TPSA) is 58.4 Å². The van der Waals surface area contributed by atoms with Gasteiger partial charge in [0.15, 0.2) is 5.69 Å². The minimum absolute atomic E-state index is 0.0171. The van der Waals surface area contributed by atoms with Crippen LogP contribution in [0.1, 0.15) is 59.5 Å². The summed E-state index contributed by atoms with van der Waals surface area (Å²) in [4.78, 5) is 15.1. The molecule has 2 heterocycles. The van der Waals surface area contributed by atoms with Crippen molar-refractivity contribution in [3.63, 3.8) is 0 Å². The van der Waals surface area contributed by atoms with Gasteiger partial charge >= 0.3 is 0 Å². The Morgan fingerprint density at radius 3 is 2.60 bits per heavy atom. The molecule has 1 atom stereocenters. The predicted octanol–water partition coefficient (Wildman–Crippen LogP) is 3.36. The standard InChI is InChI=1S/C20H25N3O2/c1-23-11-9-16(10-12-23)19(15-5-3-2-4-6-15)21-20(24)17-13-18(25-22-17)14-7-8-14/h2-6,13-14,16,19H,7-12H2,1H3,(H,21,24). The smallest absolute Gasteiger partial charge is 0.273 e. The highest BCUT2D eigenvalue weighted by Gasteiger charge is 2.31. The fraction of sp³-hybridized carbons (Fsp3) is 0.500. The van der Waals surface area contributed by atoms with E-state index in [0.717, 1.165) is 50.1 Å². The van der Waals surface area contributed by atoms with Gasteiger partial charge in [-0.15, -0.1) is 0 Å². The summed E-state index contributed by atoms with van der Waals surface area (Å²) in [6, 6.07) is 12.1. The van der Waals surface area contributed by atoms with E-state index in [-0.39, 0.29) is 11.9 Å². The maximum absolute atomic E-state index is 12.7. The number of nitrogens with one attached hydrogen (secondary N) is 1. The lowest BCUT2D eigenvalue weighted by Crippen LogP contribution is -2.39. The van der Waals surface area contributed by atoms with Gasteiger partial charge in [-0.2, -0.15) is 0 Å². The molecule has 1 aliphatic heterocycles. The highest BCUT2D eigenvalue weighted by Crippen LogP contribution is 2.40. The number of piperidine rings is 1. The Balaban J connectivity index is 1.51. The van der Waals surface area contributed by atoms with Crippen LogP contribution in [0.3, 0.4) is 0 Å². The molecule has 1 aliphatic carbocycles. The van der Waals surface area contributed by atoms with Crippen LogP contribution in [0.15, 0.2) is 40.9 Å². The molecule has 0 bridgehead atoms. The Kier molecular flexibility index (Phi) is 4.57. The molecular formula is C20H25N3O2. The fourth-order valence-electron chi connectivity index (χ4n) is 3.67. The molecule has 1 unspecified atom stereocenters. The average molecular weight is 339 g/mol. The van der Waals surface area contributed by atoms with Gasteiger partial charge in [-0.05, 0) is 57.3 Å². The van der Waals surface area contributed by atoms with Gasteiger partial charge in [-0.25, -0.2) is 0 Å². The van der Waals surface area contributed by atoms with Gasteiger partial charge in [-0.1, -0.05) is 35.5 Å². The molecule has 2 aromatic rings. The Labute approximate surface area is 148 Å². The molecule has 25 heavy (non-hydrogen) atoms. The number of hydrogen-bond donors (Lipinski definition) is 1. The second-order valence-corrected chi connectivity index (χ2v) is 7.39. The third kappa shape index (κ3) is 3.76. The van der Waals surface area contributed by atoms with Crippen LogP contribution in [0.4, 0.5) is 0 Å². The van der Waals surface area contributed by atoms with Crippen molar-refractivity contribution in [1.29, 1.82) is 0 Å². The molecular weight excluding hydrogens is 314 g/mol. The first kappa shape index (κ1) is 16.3. The molecule has 1 aromatic heterocycles. The van der Waals surface area contributed by atoms with E-state index < -0.39 is 0 Å². The van der Waals surface area contributed by atoms with E-state index in [2.05, 4.69) is 34.6 Å². The molecule has 132 valence electrons. The van der Waals surface area contributed by atoms with Crippen molar-refractivity contribution in [2.75, 3.05) is 20.1 Å². The first-order valence-electron chi connectivity index (χ1n) is 9.21. The zero-order valence-electron chi connectivity index (χ0n) is 14.6. The van der Waals surface area contributed by atoms with E-state index in [4.69, 9.17) is 4.52 Å². The lowest BCUT2D eigenvalue weighted by atomic mass is 9.85. The predicted molar refractivity (Wildman–Crippen MR) is 95.3 cm³/mol. The largest absolute Gasteiger partial charge is 0.360 e. The number of carbonyl (C=O) groups is 1. The number of carbonyl (C=O) groups excluding carboxylic acids is 1. The highest BCUT2D eigenvalue weighted by molar-refractivity contribution is 5.92. The first-order valence-corrected chi connectivity index (χ1v) is 9.21. The van der Waals surface area contributed by atoms with E-state index in [1.807, 2.05) is 24.3 Å². The Hall–Kier alpha value is -2.14. The van der Waals surface area contributed by atoms with E-state index >= 15 is 0 Å². The van der Waals surface area contributed by atoms with Crippen molar-refractivity contribution in [2.24, 2.45) is 5.92 Å². The average Bonchev–Trinajstić information content (AvgIpc) is 3.38. The second-order valence-electron chi connectivity index (χ2n) is 7.39. The SMILES string of the molecule is CN1CCC(C(NC(=O)c2cc(C3CC3)on2)c2ccccc2)CC1. The summed E-state index contributed by atoms with van der Waals surface area (Å²) in [6.07, 6.45) is 4.45. The summed E-state index contributed by atoms with van der Waals surface area (Å²) in [5.74, 6) is 1.62. The maximum atomic E-state index is 12.7. The quantitative estimate of drug-likeness (QED) is 0.907. The number of likely N-dealkylation sites (tertiary alicyclic amines) is 1.